The molecule has 1 aromatic heterocycles. The molecule has 74 valence electrons. The molecule has 0 amide bonds. The molecular formula is C11H17ClS. The van der Waals surface area contributed by atoms with Crippen molar-refractivity contribution < 1.29 is 0 Å². The third-order valence-corrected chi connectivity index (χ3v) is 3.81. The quantitative estimate of drug-likeness (QED) is 0.643. The molecule has 0 fully saturated rings. The Bertz CT molecular complexity index is 214. The van der Waals surface area contributed by atoms with Gasteiger partial charge in [-0.25, -0.2) is 0 Å². The van der Waals surface area contributed by atoms with Gasteiger partial charge in [-0.1, -0.05) is 26.7 Å². The van der Waals surface area contributed by atoms with Gasteiger partial charge in [-0.05, 0) is 34.7 Å². The minimum Gasteiger partial charge on any atom is -0.152 e. The third-order valence-electron chi connectivity index (χ3n) is 2.57. The fraction of sp³-hybridized carbons (Fsp3) is 0.636. The van der Waals surface area contributed by atoms with Gasteiger partial charge in [0.15, 0.2) is 0 Å². The topological polar surface area (TPSA) is 0 Å². The summed E-state index contributed by atoms with van der Waals surface area (Å²) >= 11 is 8.09. The van der Waals surface area contributed by atoms with Crippen LogP contribution in [-0.2, 0) is 6.42 Å². The van der Waals surface area contributed by atoms with Crippen LogP contribution in [0, 0.1) is 5.92 Å². The molecule has 0 nitrogen and oxygen atoms in total. The summed E-state index contributed by atoms with van der Waals surface area (Å²) in [4.78, 5) is 0. The van der Waals surface area contributed by atoms with Crippen LogP contribution in [0.3, 0.4) is 0 Å². The fourth-order valence-corrected chi connectivity index (χ4v) is 2.82. The van der Waals surface area contributed by atoms with E-state index in [0.29, 0.717) is 11.3 Å². The summed E-state index contributed by atoms with van der Waals surface area (Å²) in [7, 11) is 0. The van der Waals surface area contributed by atoms with E-state index in [9.17, 15) is 0 Å². The molecule has 1 heterocycles. The minimum absolute atomic E-state index is 0.310. The van der Waals surface area contributed by atoms with Crippen molar-refractivity contribution in [3.63, 3.8) is 0 Å². The Balaban J connectivity index is 2.44. The van der Waals surface area contributed by atoms with Gasteiger partial charge < -0.3 is 0 Å². The van der Waals surface area contributed by atoms with Crippen LogP contribution in [0.2, 0.25) is 0 Å². The van der Waals surface area contributed by atoms with Crippen molar-refractivity contribution in [2.24, 2.45) is 5.92 Å². The van der Waals surface area contributed by atoms with Crippen LogP contribution in [0.4, 0.5) is 0 Å². The van der Waals surface area contributed by atoms with Gasteiger partial charge in [-0.15, -0.1) is 11.6 Å². The molecule has 1 atom stereocenters. The lowest BCUT2D eigenvalue weighted by molar-refractivity contribution is 0.464. The molecule has 1 aromatic rings. The summed E-state index contributed by atoms with van der Waals surface area (Å²) in [6.45, 7) is 4.44. The van der Waals surface area contributed by atoms with Gasteiger partial charge in [0, 0.05) is 5.38 Å². The predicted octanol–water partition coefficient (Wildman–Crippen LogP) is 4.33. The largest absolute Gasteiger partial charge is 0.152 e. The first-order valence-electron chi connectivity index (χ1n) is 4.93. The Morgan fingerprint density at radius 3 is 2.54 bits per heavy atom. The van der Waals surface area contributed by atoms with Crippen molar-refractivity contribution in [3.8, 4) is 0 Å². The zero-order valence-electron chi connectivity index (χ0n) is 8.29. The van der Waals surface area contributed by atoms with Crippen LogP contribution >= 0.6 is 22.9 Å². The molecule has 1 rings (SSSR count). The smallest absolute Gasteiger partial charge is 0.0404 e. The van der Waals surface area contributed by atoms with Crippen molar-refractivity contribution in [3.05, 3.63) is 22.4 Å². The zero-order valence-corrected chi connectivity index (χ0v) is 9.87. The Hall–Kier alpha value is -0.0100. The van der Waals surface area contributed by atoms with E-state index in [0.717, 1.165) is 6.42 Å². The first-order chi connectivity index (χ1) is 6.27. The molecular weight excluding hydrogens is 200 g/mol. The molecule has 0 radical (unpaired) electrons. The molecule has 2 heteroatoms. The van der Waals surface area contributed by atoms with Crippen LogP contribution in [0.1, 0.15) is 32.3 Å². The summed E-state index contributed by atoms with van der Waals surface area (Å²) in [6.07, 6.45) is 3.40. The first kappa shape index (κ1) is 11.1. The molecule has 0 aliphatic heterocycles. The van der Waals surface area contributed by atoms with Crippen LogP contribution < -0.4 is 0 Å². The highest BCUT2D eigenvalue weighted by molar-refractivity contribution is 7.07. The number of rotatable bonds is 5. The summed E-state index contributed by atoms with van der Waals surface area (Å²) in [5, 5.41) is 4.62. The van der Waals surface area contributed by atoms with Crippen molar-refractivity contribution in [2.75, 3.05) is 0 Å². The number of hydrogen-bond acceptors (Lipinski definition) is 1. The molecule has 0 aliphatic rings. The highest BCUT2D eigenvalue weighted by Crippen LogP contribution is 2.23. The van der Waals surface area contributed by atoms with Gasteiger partial charge in [-0.2, -0.15) is 11.3 Å². The lowest BCUT2D eigenvalue weighted by Crippen LogP contribution is -2.15. The maximum atomic E-state index is 6.34. The maximum absolute atomic E-state index is 6.34. The molecule has 1 unspecified atom stereocenters. The van der Waals surface area contributed by atoms with E-state index in [1.165, 1.54) is 18.4 Å². The van der Waals surface area contributed by atoms with E-state index < -0.39 is 0 Å². The van der Waals surface area contributed by atoms with Crippen molar-refractivity contribution in [2.45, 2.75) is 38.5 Å². The van der Waals surface area contributed by atoms with Crippen molar-refractivity contribution in [1.29, 1.82) is 0 Å². The summed E-state index contributed by atoms with van der Waals surface area (Å²) < 4.78 is 0. The molecule has 0 aromatic carbocycles. The van der Waals surface area contributed by atoms with Crippen molar-refractivity contribution in [1.82, 2.24) is 0 Å². The lowest BCUT2D eigenvalue weighted by atomic mass is 9.95. The van der Waals surface area contributed by atoms with E-state index in [1.54, 1.807) is 11.3 Å². The highest BCUT2D eigenvalue weighted by atomic mass is 35.5. The summed E-state index contributed by atoms with van der Waals surface area (Å²) in [5.41, 5.74) is 1.39. The highest BCUT2D eigenvalue weighted by Gasteiger charge is 2.15. The maximum Gasteiger partial charge on any atom is 0.0404 e. The number of thiophene rings is 1. The van der Waals surface area contributed by atoms with Crippen molar-refractivity contribution >= 4 is 22.9 Å². The van der Waals surface area contributed by atoms with Gasteiger partial charge in [0.1, 0.15) is 0 Å². The fourth-order valence-electron chi connectivity index (χ4n) is 1.60. The molecule has 13 heavy (non-hydrogen) atoms. The average Bonchev–Trinajstić information content (AvgIpc) is 2.59. The van der Waals surface area contributed by atoms with E-state index in [4.69, 9.17) is 11.6 Å². The normalized spacial score (nSPS) is 13.5. The van der Waals surface area contributed by atoms with E-state index in [1.807, 2.05) is 0 Å². The monoisotopic (exact) mass is 216 g/mol. The molecule has 0 N–H and O–H groups in total. The Kier molecular flexibility index (Phi) is 4.82. The molecule has 0 aliphatic carbocycles. The molecule has 0 saturated heterocycles. The van der Waals surface area contributed by atoms with Gasteiger partial charge in [0.2, 0.25) is 0 Å². The Morgan fingerprint density at radius 1 is 1.38 bits per heavy atom. The number of hydrogen-bond donors (Lipinski definition) is 0. The summed E-state index contributed by atoms with van der Waals surface area (Å²) in [6, 6.07) is 2.17. The SMILES string of the molecule is CCC(CC)C(Cl)Cc1ccsc1. The van der Waals surface area contributed by atoms with E-state index in [-0.39, 0.29) is 0 Å². The second-order valence-electron chi connectivity index (χ2n) is 3.43. The third kappa shape index (κ3) is 3.32. The predicted molar refractivity (Wildman–Crippen MR) is 61.7 cm³/mol. The van der Waals surface area contributed by atoms with E-state index in [2.05, 4.69) is 30.7 Å². The molecule has 0 spiro atoms. The lowest BCUT2D eigenvalue weighted by Gasteiger charge is -2.18. The number of halogens is 1. The number of alkyl halides is 1. The van der Waals surface area contributed by atoms with Crippen LogP contribution in [0.25, 0.3) is 0 Å². The first-order valence-corrected chi connectivity index (χ1v) is 6.31. The Morgan fingerprint density at radius 2 is 2.08 bits per heavy atom. The Labute approximate surface area is 89.9 Å². The molecule has 0 saturated carbocycles. The minimum atomic E-state index is 0.310. The van der Waals surface area contributed by atoms with Gasteiger partial charge in [0.25, 0.3) is 0 Å². The van der Waals surface area contributed by atoms with Gasteiger partial charge in [-0.3, -0.25) is 0 Å². The second kappa shape index (κ2) is 5.66. The van der Waals surface area contributed by atoms with Gasteiger partial charge >= 0.3 is 0 Å². The summed E-state index contributed by atoms with van der Waals surface area (Å²) in [5.74, 6) is 0.668. The average molecular weight is 217 g/mol. The van der Waals surface area contributed by atoms with Crippen LogP contribution in [0.15, 0.2) is 16.8 Å². The zero-order chi connectivity index (χ0) is 9.68. The molecule has 0 bridgehead atoms. The van der Waals surface area contributed by atoms with Gasteiger partial charge in [0.05, 0.1) is 0 Å². The van der Waals surface area contributed by atoms with Crippen LogP contribution in [-0.4, -0.2) is 5.38 Å². The standard InChI is InChI=1S/C11H17ClS/c1-3-10(4-2)11(12)7-9-5-6-13-8-9/h5-6,8,10-11H,3-4,7H2,1-2H3. The van der Waals surface area contributed by atoms with E-state index >= 15 is 0 Å². The van der Waals surface area contributed by atoms with Crippen LogP contribution in [0.5, 0.6) is 0 Å². The second-order valence-corrected chi connectivity index (χ2v) is 4.77.